The SMILES string of the molecule is NC(N)=NCCCN(Cc1ccccc1)c1ccc(Cl)cc1.NC(N)=NCCCN(Cc1ccccc1)c1ccc(Cl)cc1.O=S(=O)(O)O. The molecule has 15 heteroatoms. The highest BCUT2D eigenvalue weighted by atomic mass is 35.5. The third kappa shape index (κ3) is 19.8. The Kier molecular flexibility index (Phi) is 18.4. The normalized spacial score (nSPS) is 10.4. The van der Waals surface area contributed by atoms with E-state index in [9.17, 15) is 0 Å². The fraction of sp³-hybridized carbons (Fsp3) is 0.235. The molecule has 49 heavy (non-hydrogen) atoms. The van der Waals surface area contributed by atoms with Crippen molar-refractivity contribution in [1.82, 2.24) is 0 Å². The average molecular weight is 732 g/mol. The molecule has 4 aromatic rings. The van der Waals surface area contributed by atoms with Gasteiger partial charge in [-0.15, -0.1) is 0 Å². The molecular weight excluding hydrogens is 687 g/mol. The van der Waals surface area contributed by atoms with E-state index >= 15 is 0 Å². The van der Waals surface area contributed by atoms with Crippen LogP contribution in [0.15, 0.2) is 119 Å². The first kappa shape index (κ1) is 40.6. The molecule has 10 N–H and O–H groups in total. The zero-order valence-electron chi connectivity index (χ0n) is 27.0. The maximum Gasteiger partial charge on any atom is 0.394 e. The molecule has 0 amide bonds. The minimum absolute atomic E-state index is 0.140. The van der Waals surface area contributed by atoms with E-state index in [1.807, 2.05) is 60.7 Å². The van der Waals surface area contributed by atoms with Crippen molar-refractivity contribution in [1.29, 1.82) is 0 Å². The molecule has 0 aliphatic rings. The first-order valence-electron chi connectivity index (χ1n) is 15.2. The lowest BCUT2D eigenvalue weighted by Gasteiger charge is -2.25. The lowest BCUT2D eigenvalue weighted by Crippen LogP contribution is -2.26. The van der Waals surface area contributed by atoms with Gasteiger partial charge in [0.05, 0.1) is 0 Å². The summed E-state index contributed by atoms with van der Waals surface area (Å²) in [6.45, 7) is 4.66. The van der Waals surface area contributed by atoms with Crippen molar-refractivity contribution in [3.05, 3.63) is 130 Å². The van der Waals surface area contributed by atoms with E-state index in [1.54, 1.807) is 0 Å². The summed E-state index contributed by atoms with van der Waals surface area (Å²) in [7, 11) is -4.67. The van der Waals surface area contributed by atoms with E-state index in [1.165, 1.54) is 11.1 Å². The number of hydrogen-bond donors (Lipinski definition) is 6. The van der Waals surface area contributed by atoms with Crippen molar-refractivity contribution in [2.75, 3.05) is 36.0 Å². The first-order chi connectivity index (χ1) is 23.3. The van der Waals surface area contributed by atoms with Gasteiger partial charge in [-0.2, -0.15) is 8.42 Å². The summed E-state index contributed by atoms with van der Waals surface area (Å²) >= 11 is 11.9. The number of nitrogens with zero attached hydrogens (tertiary/aromatic N) is 4. The van der Waals surface area contributed by atoms with Gasteiger partial charge in [0, 0.05) is 60.7 Å². The van der Waals surface area contributed by atoms with Crippen LogP contribution in [0.4, 0.5) is 11.4 Å². The number of aliphatic imine (C=N–C) groups is 2. The third-order valence-corrected chi connectivity index (χ3v) is 7.08. The van der Waals surface area contributed by atoms with Gasteiger partial charge in [0.15, 0.2) is 11.9 Å². The molecule has 0 spiro atoms. The van der Waals surface area contributed by atoms with Crippen LogP contribution in [0.3, 0.4) is 0 Å². The van der Waals surface area contributed by atoms with Gasteiger partial charge in [-0.25, -0.2) is 0 Å². The van der Waals surface area contributed by atoms with Gasteiger partial charge < -0.3 is 32.7 Å². The topological polar surface area (TPSA) is 210 Å². The maximum atomic E-state index is 8.74. The summed E-state index contributed by atoms with van der Waals surface area (Å²) in [5.74, 6) is 0.280. The zero-order chi connectivity index (χ0) is 36.1. The molecule has 0 saturated carbocycles. The van der Waals surface area contributed by atoms with E-state index in [-0.39, 0.29) is 11.9 Å². The first-order valence-corrected chi connectivity index (χ1v) is 17.3. The Morgan fingerprint density at radius 3 is 1.16 bits per heavy atom. The molecule has 0 unspecified atom stereocenters. The van der Waals surface area contributed by atoms with Crippen molar-refractivity contribution in [2.45, 2.75) is 25.9 Å². The Morgan fingerprint density at radius 2 is 0.878 bits per heavy atom. The lowest BCUT2D eigenvalue weighted by molar-refractivity contribution is 0.381. The van der Waals surface area contributed by atoms with E-state index in [2.05, 4.69) is 68.3 Å². The molecule has 0 aliphatic carbocycles. The van der Waals surface area contributed by atoms with Gasteiger partial charge in [0.25, 0.3) is 0 Å². The number of hydrogen-bond acceptors (Lipinski definition) is 6. The Morgan fingerprint density at radius 1 is 0.571 bits per heavy atom. The van der Waals surface area contributed by atoms with Gasteiger partial charge in [-0.05, 0) is 72.5 Å². The summed E-state index contributed by atoms with van der Waals surface area (Å²) in [6.07, 6.45) is 1.76. The Bertz CT molecular complexity index is 1540. The van der Waals surface area contributed by atoms with Crippen molar-refractivity contribution >= 4 is 56.9 Å². The number of anilines is 2. The molecule has 0 heterocycles. The number of nitrogens with two attached hydrogens (primary N) is 4. The molecule has 0 radical (unpaired) electrons. The summed E-state index contributed by atoms with van der Waals surface area (Å²) in [5.41, 5.74) is 26.2. The molecule has 264 valence electrons. The van der Waals surface area contributed by atoms with Gasteiger partial charge in [0.2, 0.25) is 0 Å². The molecule has 0 bridgehead atoms. The average Bonchev–Trinajstić information content (AvgIpc) is 3.05. The van der Waals surface area contributed by atoms with Crippen LogP contribution < -0.4 is 32.7 Å². The fourth-order valence-electron chi connectivity index (χ4n) is 4.45. The number of benzene rings is 4. The van der Waals surface area contributed by atoms with Crippen LogP contribution in [-0.4, -0.2) is 55.6 Å². The van der Waals surface area contributed by atoms with Crippen molar-refractivity contribution < 1.29 is 17.5 Å². The van der Waals surface area contributed by atoms with Crippen LogP contribution in [0.25, 0.3) is 0 Å². The standard InChI is InChI=1S/2C17H21ClN4.H2O4S/c2*18-15-7-9-16(10-8-15)22(12-4-11-21-17(19)20)13-14-5-2-1-3-6-14;1-5(2,3)4/h2*1-3,5-10H,4,11-13H2,(H4,19,20,21);(H2,1,2,3,4). The van der Waals surface area contributed by atoms with Crippen LogP contribution in [0.1, 0.15) is 24.0 Å². The van der Waals surface area contributed by atoms with Crippen LogP contribution in [0.5, 0.6) is 0 Å². The van der Waals surface area contributed by atoms with Crippen LogP contribution in [-0.2, 0) is 23.5 Å². The summed E-state index contributed by atoms with van der Waals surface area (Å²) in [6, 6.07) is 36.5. The van der Waals surface area contributed by atoms with Gasteiger partial charge in [0.1, 0.15) is 0 Å². The highest BCUT2D eigenvalue weighted by Crippen LogP contribution is 2.22. The smallest absolute Gasteiger partial charge is 0.370 e. The second-order valence-corrected chi connectivity index (χ2v) is 12.3. The van der Waals surface area contributed by atoms with Crippen LogP contribution in [0.2, 0.25) is 10.0 Å². The molecule has 0 fully saturated rings. The largest absolute Gasteiger partial charge is 0.394 e. The quantitative estimate of drug-likeness (QED) is 0.0423. The highest BCUT2D eigenvalue weighted by molar-refractivity contribution is 7.79. The van der Waals surface area contributed by atoms with Crippen LogP contribution >= 0.6 is 23.2 Å². The molecule has 4 aromatic carbocycles. The minimum atomic E-state index is -4.67. The predicted octanol–water partition coefficient (Wildman–Crippen LogP) is 5.37. The van der Waals surface area contributed by atoms with Gasteiger partial charge in [-0.3, -0.25) is 19.1 Å². The van der Waals surface area contributed by atoms with Crippen LogP contribution in [0, 0.1) is 0 Å². The van der Waals surface area contributed by atoms with Crippen molar-refractivity contribution in [3.8, 4) is 0 Å². The monoisotopic (exact) mass is 730 g/mol. The molecule has 0 atom stereocenters. The highest BCUT2D eigenvalue weighted by Gasteiger charge is 2.09. The molecule has 0 aromatic heterocycles. The van der Waals surface area contributed by atoms with E-state index in [0.717, 1.165) is 60.4 Å². The molecular formula is C34H44Cl2N8O4S. The Labute approximate surface area is 298 Å². The lowest BCUT2D eigenvalue weighted by atomic mass is 10.2. The third-order valence-electron chi connectivity index (χ3n) is 6.58. The van der Waals surface area contributed by atoms with E-state index in [0.29, 0.717) is 13.1 Å². The van der Waals surface area contributed by atoms with E-state index < -0.39 is 10.4 Å². The second-order valence-electron chi connectivity index (χ2n) is 10.5. The number of halogens is 2. The number of guanidine groups is 2. The van der Waals surface area contributed by atoms with E-state index in [4.69, 9.17) is 63.7 Å². The fourth-order valence-corrected chi connectivity index (χ4v) is 4.70. The zero-order valence-corrected chi connectivity index (χ0v) is 29.4. The van der Waals surface area contributed by atoms with Crippen molar-refractivity contribution in [2.24, 2.45) is 32.9 Å². The van der Waals surface area contributed by atoms with Crippen molar-refractivity contribution in [3.63, 3.8) is 0 Å². The predicted molar refractivity (Wildman–Crippen MR) is 203 cm³/mol. The van der Waals surface area contributed by atoms with Gasteiger partial charge in [-0.1, -0.05) is 83.9 Å². The molecule has 4 rings (SSSR count). The Balaban J connectivity index is 0.000000299. The molecule has 0 saturated heterocycles. The molecule has 0 aliphatic heterocycles. The summed E-state index contributed by atoms with van der Waals surface area (Å²) < 4.78 is 31.6. The Hall–Kier alpha value is -4.53. The maximum absolute atomic E-state index is 8.74. The second kappa shape index (κ2) is 22.2. The summed E-state index contributed by atoms with van der Waals surface area (Å²) in [5, 5.41) is 1.48. The number of rotatable bonds is 14. The van der Waals surface area contributed by atoms with Gasteiger partial charge >= 0.3 is 10.4 Å². The summed E-state index contributed by atoms with van der Waals surface area (Å²) in [4.78, 5) is 12.7. The molecule has 12 nitrogen and oxygen atoms in total. The minimum Gasteiger partial charge on any atom is -0.370 e.